The van der Waals surface area contributed by atoms with E-state index >= 15 is 0 Å². The Morgan fingerprint density at radius 1 is 1.18 bits per heavy atom. The van der Waals surface area contributed by atoms with Crippen molar-refractivity contribution >= 4 is 12.0 Å². The second-order valence-corrected chi connectivity index (χ2v) is 9.63. The highest BCUT2D eigenvalue weighted by molar-refractivity contribution is 5.95. The van der Waals surface area contributed by atoms with Gasteiger partial charge >= 0.3 is 12.3 Å². The van der Waals surface area contributed by atoms with Gasteiger partial charge in [-0.1, -0.05) is 17.7 Å². The average Bonchev–Trinajstić information content (AvgIpc) is 3.19. The number of amides is 2. The summed E-state index contributed by atoms with van der Waals surface area (Å²) in [5, 5.41) is 6.43. The van der Waals surface area contributed by atoms with Crippen LogP contribution in [0.3, 0.4) is 0 Å². The molecule has 1 aromatic carbocycles. The van der Waals surface area contributed by atoms with Gasteiger partial charge in [-0.3, -0.25) is 4.79 Å². The Morgan fingerprint density at radius 2 is 1.85 bits per heavy atom. The zero-order valence-electron chi connectivity index (χ0n) is 19.9. The van der Waals surface area contributed by atoms with Crippen molar-refractivity contribution in [2.75, 3.05) is 19.6 Å². The van der Waals surface area contributed by atoms with Crippen molar-refractivity contribution in [3.63, 3.8) is 0 Å². The maximum absolute atomic E-state index is 13.8. The van der Waals surface area contributed by atoms with Crippen molar-refractivity contribution in [2.45, 2.75) is 58.7 Å². The minimum atomic E-state index is -4.76. The van der Waals surface area contributed by atoms with Crippen LogP contribution in [-0.4, -0.2) is 51.9 Å². The van der Waals surface area contributed by atoms with Crippen molar-refractivity contribution in [3.05, 3.63) is 47.3 Å². The number of rotatable bonds is 5. The summed E-state index contributed by atoms with van der Waals surface area (Å²) in [6.45, 7) is 8.52. The van der Waals surface area contributed by atoms with E-state index in [1.165, 1.54) is 12.1 Å². The summed E-state index contributed by atoms with van der Waals surface area (Å²) in [6.07, 6.45) is -1.97. The number of piperidine rings is 1. The fourth-order valence-electron chi connectivity index (χ4n) is 3.95. The van der Waals surface area contributed by atoms with Crippen LogP contribution in [0, 0.1) is 12.8 Å². The predicted molar refractivity (Wildman–Crippen MR) is 121 cm³/mol. The van der Waals surface area contributed by atoms with E-state index in [4.69, 9.17) is 4.74 Å². The molecule has 2 heterocycles. The van der Waals surface area contributed by atoms with Crippen molar-refractivity contribution in [3.8, 4) is 5.69 Å². The predicted octanol–water partition coefficient (Wildman–Crippen LogP) is 4.97. The van der Waals surface area contributed by atoms with E-state index in [0.717, 1.165) is 29.3 Å². The standard InChI is InChI=1S/C24H31F3N4O3/c1-16-7-9-18(10-8-16)31-20(24(25,26)27)19(14-29-31)21(32)28-12-11-17-6-5-13-30(15-17)22(33)34-23(2,3)4/h7-10,14,17H,5-6,11-13,15H2,1-4H3,(H,28,32). The van der Waals surface area contributed by atoms with Gasteiger partial charge in [0.2, 0.25) is 0 Å². The van der Waals surface area contributed by atoms with Gasteiger partial charge in [0.05, 0.1) is 17.4 Å². The van der Waals surface area contributed by atoms with Crippen LogP contribution in [0.2, 0.25) is 0 Å². The summed E-state index contributed by atoms with van der Waals surface area (Å²) in [7, 11) is 0. The Morgan fingerprint density at radius 3 is 2.47 bits per heavy atom. The highest BCUT2D eigenvalue weighted by Gasteiger charge is 2.40. The smallest absolute Gasteiger partial charge is 0.434 e. The molecule has 1 aromatic heterocycles. The molecule has 34 heavy (non-hydrogen) atoms. The van der Waals surface area contributed by atoms with Gasteiger partial charge in [-0.2, -0.15) is 18.3 Å². The lowest BCUT2D eigenvalue weighted by Gasteiger charge is -2.34. The lowest BCUT2D eigenvalue weighted by molar-refractivity contribution is -0.143. The van der Waals surface area contributed by atoms with E-state index in [2.05, 4.69) is 10.4 Å². The van der Waals surface area contributed by atoms with E-state index in [-0.39, 0.29) is 24.2 Å². The fourth-order valence-corrected chi connectivity index (χ4v) is 3.95. The molecular weight excluding hydrogens is 449 g/mol. The topological polar surface area (TPSA) is 76.5 Å². The molecule has 1 atom stereocenters. The molecule has 3 rings (SSSR count). The number of likely N-dealkylation sites (tertiary alicyclic amines) is 1. The van der Waals surface area contributed by atoms with E-state index < -0.39 is 28.9 Å². The van der Waals surface area contributed by atoms with E-state index in [9.17, 15) is 22.8 Å². The summed E-state index contributed by atoms with van der Waals surface area (Å²) >= 11 is 0. The molecule has 1 unspecified atom stereocenters. The number of halogens is 3. The Labute approximate surface area is 197 Å². The molecule has 0 spiro atoms. The second-order valence-electron chi connectivity index (χ2n) is 9.63. The summed E-state index contributed by atoms with van der Waals surface area (Å²) in [5.41, 5.74) is -1.09. The number of benzene rings is 1. The Kier molecular flexibility index (Phi) is 7.57. The molecule has 0 bridgehead atoms. The molecule has 0 saturated carbocycles. The van der Waals surface area contributed by atoms with Crippen molar-refractivity contribution < 1.29 is 27.5 Å². The van der Waals surface area contributed by atoms with E-state index in [0.29, 0.717) is 19.5 Å². The summed E-state index contributed by atoms with van der Waals surface area (Å²) < 4.78 is 47.6. The van der Waals surface area contributed by atoms with E-state index in [1.54, 1.807) is 37.8 Å². The molecule has 1 aliphatic heterocycles. The van der Waals surface area contributed by atoms with Gasteiger partial charge < -0.3 is 15.0 Å². The van der Waals surface area contributed by atoms with Crippen LogP contribution >= 0.6 is 0 Å². The molecule has 1 aliphatic rings. The highest BCUT2D eigenvalue weighted by atomic mass is 19.4. The number of alkyl halides is 3. The number of nitrogens with one attached hydrogen (secondary N) is 1. The molecular formula is C24H31F3N4O3. The molecule has 0 radical (unpaired) electrons. The quantitative estimate of drug-likeness (QED) is 0.656. The number of ether oxygens (including phenoxy) is 1. The zero-order chi connectivity index (χ0) is 25.1. The molecule has 0 aliphatic carbocycles. The van der Waals surface area contributed by atoms with Crippen LogP contribution in [-0.2, 0) is 10.9 Å². The molecule has 186 valence electrons. The minimum Gasteiger partial charge on any atom is -0.444 e. The molecule has 10 heteroatoms. The van der Waals surface area contributed by atoms with Crippen molar-refractivity contribution in [1.29, 1.82) is 0 Å². The zero-order valence-corrected chi connectivity index (χ0v) is 19.9. The summed E-state index contributed by atoms with van der Waals surface area (Å²) in [5.74, 6) is -0.704. The van der Waals surface area contributed by atoms with Crippen LogP contribution in [0.1, 0.15) is 61.6 Å². The Balaban J connectivity index is 1.63. The van der Waals surface area contributed by atoms with Gasteiger partial charge in [0.25, 0.3) is 5.91 Å². The lowest BCUT2D eigenvalue weighted by atomic mass is 9.95. The normalized spacial score (nSPS) is 16.9. The first-order chi connectivity index (χ1) is 15.8. The number of carbonyl (C=O) groups excluding carboxylic acids is 2. The molecule has 2 amide bonds. The maximum Gasteiger partial charge on any atom is 0.434 e. The van der Waals surface area contributed by atoms with Gasteiger partial charge in [-0.15, -0.1) is 0 Å². The van der Waals surface area contributed by atoms with Crippen LogP contribution in [0.4, 0.5) is 18.0 Å². The molecule has 1 fully saturated rings. The van der Waals surface area contributed by atoms with Gasteiger partial charge in [0, 0.05) is 19.6 Å². The number of hydrogen-bond acceptors (Lipinski definition) is 4. The molecule has 1 saturated heterocycles. The number of nitrogens with zero attached hydrogens (tertiary/aromatic N) is 3. The Hall–Kier alpha value is -3.04. The largest absolute Gasteiger partial charge is 0.444 e. The number of aryl methyl sites for hydroxylation is 1. The molecule has 7 nitrogen and oxygen atoms in total. The number of carbonyl (C=O) groups is 2. The average molecular weight is 481 g/mol. The molecule has 1 N–H and O–H groups in total. The van der Waals surface area contributed by atoms with Crippen molar-refractivity contribution in [2.24, 2.45) is 5.92 Å². The van der Waals surface area contributed by atoms with Crippen LogP contribution in [0.25, 0.3) is 5.69 Å². The number of aromatic nitrogens is 2. The second kappa shape index (κ2) is 10.1. The monoisotopic (exact) mass is 480 g/mol. The molecule has 2 aromatic rings. The number of hydrogen-bond donors (Lipinski definition) is 1. The van der Waals surface area contributed by atoms with E-state index in [1.807, 2.05) is 6.92 Å². The SMILES string of the molecule is Cc1ccc(-n2ncc(C(=O)NCCC3CCCN(C(=O)OC(C)(C)C)C3)c2C(F)(F)F)cc1. The van der Waals surface area contributed by atoms with Crippen molar-refractivity contribution in [1.82, 2.24) is 20.0 Å². The fraction of sp³-hybridized carbons (Fsp3) is 0.542. The van der Waals surface area contributed by atoms with Crippen LogP contribution < -0.4 is 5.32 Å². The minimum absolute atomic E-state index is 0.124. The third-order valence-electron chi connectivity index (χ3n) is 5.57. The third kappa shape index (κ3) is 6.51. The van der Waals surface area contributed by atoms with Crippen LogP contribution in [0.15, 0.2) is 30.5 Å². The van der Waals surface area contributed by atoms with Gasteiger partial charge in [0.15, 0.2) is 5.69 Å². The first-order valence-corrected chi connectivity index (χ1v) is 11.3. The van der Waals surface area contributed by atoms with Gasteiger partial charge in [0.1, 0.15) is 5.60 Å². The Bertz CT molecular complexity index is 1010. The highest BCUT2D eigenvalue weighted by Crippen LogP contribution is 2.33. The maximum atomic E-state index is 13.8. The summed E-state index contributed by atoms with van der Waals surface area (Å²) in [4.78, 5) is 26.6. The first kappa shape index (κ1) is 25.6. The third-order valence-corrected chi connectivity index (χ3v) is 5.57. The first-order valence-electron chi connectivity index (χ1n) is 11.3. The van der Waals surface area contributed by atoms with Crippen LogP contribution in [0.5, 0.6) is 0 Å². The lowest BCUT2D eigenvalue weighted by Crippen LogP contribution is -2.43. The van der Waals surface area contributed by atoms with Gasteiger partial charge in [-0.25, -0.2) is 9.48 Å². The van der Waals surface area contributed by atoms with Gasteiger partial charge in [-0.05, 0) is 65.0 Å². The summed E-state index contributed by atoms with van der Waals surface area (Å²) in [6, 6.07) is 6.42.